The third-order valence-corrected chi connectivity index (χ3v) is 3.07. The van der Waals surface area contributed by atoms with E-state index >= 15 is 0 Å². The van der Waals surface area contributed by atoms with Gasteiger partial charge in [0.15, 0.2) is 0 Å². The average molecular weight is 274 g/mol. The van der Waals surface area contributed by atoms with Crippen LogP contribution < -0.4 is 5.32 Å². The zero-order valence-corrected chi connectivity index (χ0v) is 11.4. The topological polar surface area (TPSA) is 88.1 Å². The number of aliphatic hydroxyl groups is 1. The van der Waals surface area contributed by atoms with E-state index in [0.29, 0.717) is 32.7 Å². The number of amides is 1. The summed E-state index contributed by atoms with van der Waals surface area (Å²) in [5.41, 5.74) is 0. The number of methoxy groups -OCH3 is 1. The molecule has 1 heterocycles. The zero-order valence-electron chi connectivity index (χ0n) is 11.4. The molecule has 1 aliphatic rings. The maximum Gasteiger partial charge on any atom is 0.407 e. The fourth-order valence-electron chi connectivity index (χ4n) is 2.30. The summed E-state index contributed by atoms with van der Waals surface area (Å²) < 4.78 is 9.57. The standard InChI is InChI=1S/C12H22N2O5/c1-3-19-12(17)13-10-6-9(11(16)18-2)7-14(8-10)4-5-15/h9-10,15H,3-8H2,1-2H3,(H,13,17). The molecule has 0 bridgehead atoms. The van der Waals surface area contributed by atoms with Gasteiger partial charge in [0.2, 0.25) is 0 Å². The Labute approximate surface area is 112 Å². The molecule has 7 heteroatoms. The molecule has 1 amide bonds. The lowest BCUT2D eigenvalue weighted by Crippen LogP contribution is -2.53. The molecule has 7 nitrogen and oxygen atoms in total. The smallest absolute Gasteiger partial charge is 0.407 e. The van der Waals surface area contributed by atoms with Gasteiger partial charge in [0, 0.05) is 25.7 Å². The number of hydrogen-bond donors (Lipinski definition) is 2. The van der Waals surface area contributed by atoms with E-state index in [-0.39, 0.29) is 24.5 Å². The molecule has 19 heavy (non-hydrogen) atoms. The summed E-state index contributed by atoms with van der Waals surface area (Å²) in [5, 5.41) is 11.7. The van der Waals surface area contributed by atoms with Gasteiger partial charge in [-0.3, -0.25) is 9.69 Å². The van der Waals surface area contributed by atoms with Crippen molar-refractivity contribution >= 4 is 12.1 Å². The number of alkyl carbamates (subject to hydrolysis) is 1. The Kier molecular flexibility index (Phi) is 6.58. The average Bonchev–Trinajstić information content (AvgIpc) is 2.38. The number of piperidine rings is 1. The number of carbonyl (C=O) groups excluding carboxylic acids is 2. The summed E-state index contributed by atoms with van der Waals surface area (Å²) in [6, 6.07) is -0.177. The van der Waals surface area contributed by atoms with Gasteiger partial charge >= 0.3 is 12.1 Å². The van der Waals surface area contributed by atoms with E-state index < -0.39 is 6.09 Å². The number of nitrogens with zero attached hydrogens (tertiary/aromatic N) is 1. The Morgan fingerprint density at radius 2 is 2.16 bits per heavy atom. The molecule has 1 saturated heterocycles. The Hall–Kier alpha value is -1.34. The van der Waals surface area contributed by atoms with Crippen LogP contribution in [0.4, 0.5) is 4.79 Å². The number of hydrogen-bond acceptors (Lipinski definition) is 6. The number of esters is 1. The highest BCUT2D eigenvalue weighted by molar-refractivity contribution is 5.73. The van der Waals surface area contributed by atoms with Gasteiger partial charge in [-0.05, 0) is 13.3 Å². The highest BCUT2D eigenvalue weighted by atomic mass is 16.5. The van der Waals surface area contributed by atoms with E-state index in [2.05, 4.69) is 5.32 Å². The second-order valence-electron chi connectivity index (χ2n) is 4.50. The lowest BCUT2D eigenvalue weighted by atomic mass is 9.94. The van der Waals surface area contributed by atoms with E-state index in [0.717, 1.165) is 0 Å². The second kappa shape index (κ2) is 7.96. The molecule has 1 aliphatic heterocycles. The van der Waals surface area contributed by atoms with Gasteiger partial charge in [-0.15, -0.1) is 0 Å². The molecule has 2 unspecified atom stereocenters. The van der Waals surface area contributed by atoms with Gasteiger partial charge in [-0.25, -0.2) is 4.79 Å². The van der Waals surface area contributed by atoms with E-state index in [9.17, 15) is 9.59 Å². The van der Waals surface area contributed by atoms with Gasteiger partial charge in [0.05, 0.1) is 26.2 Å². The molecule has 0 radical (unpaired) electrons. The van der Waals surface area contributed by atoms with Gasteiger partial charge in [0.25, 0.3) is 0 Å². The molecule has 0 aromatic carbocycles. The quantitative estimate of drug-likeness (QED) is 0.663. The number of likely N-dealkylation sites (tertiary alicyclic amines) is 1. The van der Waals surface area contributed by atoms with Crippen molar-refractivity contribution in [2.45, 2.75) is 19.4 Å². The molecular formula is C12H22N2O5. The largest absolute Gasteiger partial charge is 0.469 e. The van der Waals surface area contributed by atoms with Gasteiger partial charge in [-0.1, -0.05) is 0 Å². The Balaban J connectivity index is 2.59. The number of nitrogens with one attached hydrogen (secondary N) is 1. The minimum Gasteiger partial charge on any atom is -0.469 e. The van der Waals surface area contributed by atoms with Crippen LogP contribution in [0.2, 0.25) is 0 Å². The maximum atomic E-state index is 11.6. The highest BCUT2D eigenvalue weighted by Crippen LogP contribution is 2.18. The van der Waals surface area contributed by atoms with Crippen molar-refractivity contribution in [2.75, 3.05) is 40.0 Å². The fourth-order valence-corrected chi connectivity index (χ4v) is 2.30. The van der Waals surface area contributed by atoms with E-state index in [1.807, 2.05) is 4.90 Å². The summed E-state index contributed by atoms with van der Waals surface area (Å²) >= 11 is 0. The van der Waals surface area contributed by atoms with Crippen LogP contribution in [0.15, 0.2) is 0 Å². The van der Waals surface area contributed by atoms with Crippen LogP contribution in [0, 0.1) is 5.92 Å². The van der Waals surface area contributed by atoms with Crippen LogP contribution in [0.1, 0.15) is 13.3 Å². The van der Waals surface area contributed by atoms with E-state index in [1.165, 1.54) is 7.11 Å². The van der Waals surface area contributed by atoms with Gasteiger partial charge < -0.3 is 19.9 Å². The normalized spacial score (nSPS) is 23.7. The summed E-state index contributed by atoms with van der Waals surface area (Å²) in [5.74, 6) is -0.587. The Morgan fingerprint density at radius 1 is 1.42 bits per heavy atom. The maximum absolute atomic E-state index is 11.6. The zero-order chi connectivity index (χ0) is 14.3. The fraction of sp³-hybridized carbons (Fsp3) is 0.833. The minimum atomic E-state index is -0.484. The summed E-state index contributed by atoms with van der Waals surface area (Å²) in [4.78, 5) is 25.0. The van der Waals surface area contributed by atoms with Gasteiger partial charge in [-0.2, -0.15) is 0 Å². The molecule has 1 fully saturated rings. The lowest BCUT2D eigenvalue weighted by molar-refractivity contribution is -0.147. The summed E-state index contributed by atoms with van der Waals surface area (Å²) in [6.07, 6.45) is 0.0370. The number of carbonyl (C=O) groups is 2. The summed E-state index contributed by atoms with van der Waals surface area (Å²) in [7, 11) is 1.35. The monoisotopic (exact) mass is 274 g/mol. The van der Waals surface area contributed by atoms with Crippen molar-refractivity contribution in [3.63, 3.8) is 0 Å². The molecule has 0 saturated carbocycles. The van der Waals surface area contributed by atoms with Crippen LogP contribution in [0.25, 0.3) is 0 Å². The number of ether oxygens (including phenoxy) is 2. The van der Waals surface area contributed by atoms with Crippen molar-refractivity contribution in [3.8, 4) is 0 Å². The molecule has 0 spiro atoms. The summed E-state index contributed by atoms with van der Waals surface area (Å²) in [6.45, 7) is 3.64. The van der Waals surface area contributed by atoms with Crippen molar-refractivity contribution in [2.24, 2.45) is 5.92 Å². The molecule has 2 atom stereocenters. The second-order valence-corrected chi connectivity index (χ2v) is 4.50. The van der Waals surface area contributed by atoms with Crippen LogP contribution in [0.3, 0.4) is 0 Å². The van der Waals surface area contributed by atoms with Crippen molar-refractivity contribution in [1.82, 2.24) is 10.2 Å². The predicted octanol–water partition coefficient (Wildman–Crippen LogP) is -0.412. The molecule has 0 aliphatic carbocycles. The van der Waals surface area contributed by atoms with Crippen LogP contribution in [-0.4, -0.2) is 68.1 Å². The molecule has 2 N–H and O–H groups in total. The first kappa shape index (κ1) is 15.7. The minimum absolute atomic E-state index is 0.0139. The predicted molar refractivity (Wildman–Crippen MR) is 67.6 cm³/mol. The van der Waals surface area contributed by atoms with Crippen molar-refractivity contribution in [3.05, 3.63) is 0 Å². The molecule has 0 aromatic rings. The van der Waals surface area contributed by atoms with Crippen LogP contribution in [-0.2, 0) is 14.3 Å². The third kappa shape index (κ3) is 5.04. The van der Waals surface area contributed by atoms with E-state index in [4.69, 9.17) is 14.6 Å². The lowest BCUT2D eigenvalue weighted by Gasteiger charge is -2.36. The SMILES string of the molecule is CCOC(=O)NC1CC(C(=O)OC)CN(CCO)C1. The number of aliphatic hydroxyl groups excluding tert-OH is 1. The number of rotatable bonds is 5. The first-order valence-corrected chi connectivity index (χ1v) is 6.45. The first-order valence-electron chi connectivity index (χ1n) is 6.45. The number of β-amino-alcohol motifs (C(OH)–C–C–N with tert-alkyl or cyclic N) is 1. The van der Waals surface area contributed by atoms with E-state index in [1.54, 1.807) is 6.92 Å². The molecular weight excluding hydrogens is 252 g/mol. The molecule has 0 aromatic heterocycles. The molecule has 110 valence electrons. The third-order valence-electron chi connectivity index (χ3n) is 3.07. The first-order chi connectivity index (χ1) is 9.10. The highest BCUT2D eigenvalue weighted by Gasteiger charge is 2.32. The van der Waals surface area contributed by atoms with Crippen molar-refractivity contribution < 1.29 is 24.2 Å². The Bertz CT molecular complexity index is 310. The van der Waals surface area contributed by atoms with Crippen LogP contribution >= 0.6 is 0 Å². The van der Waals surface area contributed by atoms with Gasteiger partial charge in [0.1, 0.15) is 0 Å². The Morgan fingerprint density at radius 3 is 2.74 bits per heavy atom. The van der Waals surface area contributed by atoms with Crippen LogP contribution in [0.5, 0.6) is 0 Å². The van der Waals surface area contributed by atoms with Crippen molar-refractivity contribution in [1.29, 1.82) is 0 Å². The molecule has 1 rings (SSSR count).